The highest BCUT2D eigenvalue weighted by Crippen LogP contribution is 2.34. The average molecular weight is 253 g/mol. The van der Waals surface area contributed by atoms with Crippen LogP contribution in [-0.2, 0) is 9.47 Å². The largest absolute Gasteiger partial charge is 0.353 e. The van der Waals surface area contributed by atoms with Crippen LogP contribution in [0.4, 0.5) is 4.39 Å². The molecule has 2 rings (SSSR count). The maximum absolute atomic E-state index is 13.1. The van der Waals surface area contributed by atoms with Gasteiger partial charge in [0.2, 0.25) is 0 Å². The number of hydrogen-bond donors (Lipinski definition) is 1. The third-order valence-corrected chi connectivity index (χ3v) is 3.76. The molecule has 0 unspecified atom stereocenters. The lowest BCUT2D eigenvalue weighted by molar-refractivity contribution is -0.225. The normalized spacial score (nSPS) is 23.0. The van der Waals surface area contributed by atoms with Crippen molar-refractivity contribution in [3.8, 4) is 0 Å². The first-order chi connectivity index (χ1) is 8.60. The Morgan fingerprint density at radius 2 is 2.06 bits per heavy atom. The fourth-order valence-electron chi connectivity index (χ4n) is 2.63. The van der Waals surface area contributed by atoms with Gasteiger partial charge in [-0.15, -0.1) is 0 Å². The summed E-state index contributed by atoms with van der Waals surface area (Å²) >= 11 is 0. The summed E-state index contributed by atoms with van der Waals surface area (Å²) in [6.07, 6.45) is 1.54. The minimum Gasteiger partial charge on any atom is -0.353 e. The highest BCUT2D eigenvalue weighted by molar-refractivity contribution is 5.30. The Morgan fingerprint density at radius 1 is 1.33 bits per heavy atom. The highest BCUT2D eigenvalue weighted by atomic mass is 19.1. The van der Waals surface area contributed by atoms with Gasteiger partial charge in [0.25, 0.3) is 0 Å². The molecule has 0 bridgehead atoms. The van der Waals surface area contributed by atoms with Gasteiger partial charge in [-0.25, -0.2) is 4.39 Å². The molecule has 1 N–H and O–H groups in total. The predicted octanol–water partition coefficient (Wildman–Crippen LogP) is 2.55. The van der Waals surface area contributed by atoms with E-state index in [1.165, 1.54) is 6.07 Å². The SMILES string of the molecule is COC1(OC)CCN[C@@H](c2ccc(F)cc2C)C1. The Hall–Kier alpha value is -0.970. The molecular formula is C14H20FNO2. The van der Waals surface area contributed by atoms with Crippen LogP contribution in [0.3, 0.4) is 0 Å². The van der Waals surface area contributed by atoms with Crippen LogP contribution in [0.25, 0.3) is 0 Å². The molecule has 0 spiro atoms. The van der Waals surface area contributed by atoms with Crippen molar-refractivity contribution in [2.24, 2.45) is 0 Å². The van der Waals surface area contributed by atoms with Gasteiger partial charge in [-0.05, 0) is 30.2 Å². The summed E-state index contributed by atoms with van der Waals surface area (Å²) in [7, 11) is 3.34. The van der Waals surface area contributed by atoms with Crippen LogP contribution >= 0.6 is 0 Å². The molecule has 1 saturated heterocycles. The van der Waals surface area contributed by atoms with E-state index < -0.39 is 5.79 Å². The van der Waals surface area contributed by atoms with Crippen LogP contribution in [0.15, 0.2) is 18.2 Å². The zero-order valence-electron chi connectivity index (χ0n) is 11.1. The molecule has 1 aliphatic heterocycles. The van der Waals surface area contributed by atoms with Crippen LogP contribution in [0, 0.1) is 12.7 Å². The van der Waals surface area contributed by atoms with Gasteiger partial charge in [-0.3, -0.25) is 0 Å². The van der Waals surface area contributed by atoms with Crippen molar-refractivity contribution in [3.05, 3.63) is 35.1 Å². The van der Waals surface area contributed by atoms with Crippen molar-refractivity contribution in [1.29, 1.82) is 0 Å². The smallest absolute Gasteiger partial charge is 0.170 e. The zero-order valence-corrected chi connectivity index (χ0v) is 11.1. The summed E-state index contributed by atoms with van der Waals surface area (Å²) in [5.41, 5.74) is 2.06. The van der Waals surface area contributed by atoms with Crippen LogP contribution in [-0.4, -0.2) is 26.6 Å². The first kappa shape index (κ1) is 13.5. The molecular weight excluding hydrogens is 233 g/mol. The van der Waals surface area contributed by atoms with Gasteiger partial charge in [-0.1, -0.05) is 6.07 Å². The molecule has 0 saturated carbocycles. The summed E-state index contributed by atoms with van der Waals surface area (Å²) in [4.78, 5) is 0. The Bertz CT molecular complexity index is 418. The Morgan fingerprint density at radius 3 is 2.67 bits per heavy atom. The number of methoxy groups -OCH3 is 2. The molecule has 1 fully saturated rings. The van der Waals surface area contributed by atoms with E-state index in [-0.39, 0.29) is 11.9 Å². The van der Waals surface area contributed by atoms with E-state index >= 15 is 0 Å². The lowest BCUT2D eigenvalue weighted by Crippen LogP contribution is -2.46. The number of piperidine rings is 1. The molecule has 0 radical (unpaired) electrons. The number of rotatable bonds is 3. The van der Waals surface area contributed by atoms with E-state index in [1.54, 1.807) is 20.3 Å². The Kier molecular flexibility index (Phi) is 4.00. The molecule has 3 nitrogen and oxygen atoms in total. The second kappa shape index (κ2) is 5.34. The van der Waals surface area contributed by atoms with Crippen molar-refractivity contribution >= 4 is 0 Å². The molecule has 1 aliphatic rings. The first-order valence-corrected chi connectivity index (χ1v) is 6.20. The number of hydrogen-bond acceptors (Lipinski definition) is 3. The fourth-order valence-corrected chi connectivity index (χ4v) is 2.63. The molecule has 0 aromatic heterocycles. The quantitative estimate of drug-likeness (QED) is 0.840. The van der Waals surface area contributed by atoms with Crippen molar-refractivity contribution in [1.82, 2.24) is 5.32 Å². The maximum atomic E-state index is 13.1. The third kappa shape index (κ3) is 2.55. The van der Waals surface area contributed by atoms with Gasteiger partial charge < -0.3 is 14.8 Å². The monoisotopic (exact) mass is 253 g/mol. The number of nitrogens with one attached hydrogen (secondary N) is 1. The van der Waals surface area contributed by atoms with Crippen LogP contribution in [0.2, 0.25) is 0 Å². The van der Waals surface area contributed by atoms with Gasteiger partial charge >= 0.3 is 0 Å². The second-order valence-corrected chi connectivity index (χ2v) is 4.78. The summed E-state index contributed by atoms with van der Waals surface area (Å²) < 4.78 is 24.1. The standard InChI is InChI=1S/C14H20FNO2/c1-10-8-11(15)4-5-12(10)13-9-14(17-2,18-3)6-7-16-13/h4-5,8,13,16H,6-7,9H2,1-3H3/t13-/m1/s1. The topological polar surface area (TPSA) is 30.5 Å². The number of aryl methyl sites for hydroxylation is 1. The van der Waals surface area contributed by atoms with E-state index in [0.29, 0.717) is 0 Å². The van der Waals surface area contributed by atoms with E-state index in [2.05, 4.69) is 5.32 Å². The minimum absolute atomic E-state index is 0.138. The molecule has 1 heterocycles. The van der Waals surface area contributed by atoms with Crippen LogP contribution in [0.1, 0.15) is 30.0 Å². The average Bonchev–Trinajstić information content (AvgIpc) is 2.38. The van der Waals surface area contributed by atoms with Crippen LogP contribution < -0.4 is 5.32 Å². The molecule has 1 aromatic rings. The summed E-state index contributed by atoms with van der Waals surface area (Å²) in [6.45, 7) is 2.75. The van der Waals surface area contributed by atoms with Crippen molar-refractivity contribution in [2.45, 2.75) is 31.6 Å². The molecule has 1 aromatic carbocycles. The number of benzene rings is 1. The van der Waals surface area contributed by atoms with E-state index in [1.807, 2.05) is 13.0 Å². The second-order valence-electron chi connectivity index (χ2n) is 4.78. The molecule has 4 heteroatoms. The maximum Gasteiger partial charge on any atom is 0.170 e. The van der Waals surface area contributed by atoms with E-state index in [9.17, 15) is 4.39 Å². The fraction of sp³-hybridized carbons (Fsp3) is 0.571. The van der Waals surface area contributed by atoms with Crippen molar-refractivity contribution in [2.75, 3.05) is 20.8 Å². The molecule has 18 heavy (non-hydrogen) atoms. The summed E-state index contributed by atoms with van der Waals surface area (Å²) in [6, 6.07) is 5.04. The Balaban J connectivity index is 2.23. The van der Waals surface area contributed by atoms with Crippen molar-refractivity contribution in [3.63, 3.8) is 0 Å². The van der Waals surface area contributed by atoms with Gasteiger partial charge in [-0.2, -0.15) is 0 Å². The predicted molar refractivity (Wildman–Crippen MR) is 67.9 cm³/mol. The lowest BCUT2D eigenvalue weighted by atomic mass is 9.90. The third-order valence-electron chi connectivity index (χ3n) is 3.76. The van der Waals surface area contributed by atoms with Crippen molar-refractivity contribution < 1.29 is 13.9 Å². The summed E-state index contributed by atoms with van der Waals surface area (Å²) in [5.74, 6) is -0.728. The number of ether oxygens (including phenoxy) is 2. The zero-order chi connectivity index (χ0) is 13.2. The van der Waals surface area contributed by atoms with Gasteiger partial charge in [0.15, 0.2) is 5.79 Å². The van der Waals surface area contributed by atoms with Crippen LogP contribution in [0.5, 0.6) is 0 Å². The van der Waals surface area contributed by atoms with Gasteiger partial charge in [0.1, 0.15) is 5.82 Å². The van der Waals surface area contributed by atoms with E-state index in [4.69, 9.17) is 9.47 Å². The van der Waals surface area contributed by atoms with E-state index in [0.717, 1.165) is 30.5 Å². The minimum atomic E-state index is -0.531. The first-order valence-electron chi connectivity index (χ1n) is 6.20. The molecule has 100 valence electrons. The molecule has 1 atom stereocenters. The highest BCUT2D eigenvalue weighted by Gasteiger charge is 2.37. The summed E-state index contributed by atoms with van der Waals surface area (Å²) in [5, 5.41) is 3.44. The molecule has 0 aliphatic carbocycles. The van der Waals surface area contributed by atoms with Gasteiger partial charge in [0, 0.05) is 39.6 Å². The molecule has 0 amide bonds. The lowest BCUT2D eigenvalue weighted by Gasteiger charge is -2.39. The van der Waals surface area contributed by atoms with Gasteiger partial charge in [0.05, 0.1) is 0 Å². The number of halogens is 1. The Labute approximate surface area is 107 Å².